The molecule has 1 fully saturated rings. The van der Waals surface area contributed by atoms with Crippen LogP contribution in [0.25, 0.3) is 0 Å². The van der Waals surface area contributed by atoms with E-state index >= 15 is 0 Å². The molecule has 1 saturated heterocycles. The fourth-order valence-corrected chi connectivity index (χ4v) is 2.68. The van der Waals surface area contributed by atoms with Crippen molar-refractivity contribution in [3.63, 3.8) is 0 Å². The van der Waals surface area contributed by atoms with Gasteiger partial charge in [-0.1, -0.05) is 0 Å². The van der Waals surface area contributed by atoms with Crippen molar-refractivity contribution >= 4 is 17.4 Å². The quantitative estimate of drug-likeness (QED) is 0.928. The molecular weight excluding hydrogens is 310 g/mol. The van der Waals surface area contributed by atoms with Crippen molar-refractivity contribution in [2.24, 2.45) is 0 Å². The lowest BCUT2D eigenvalue weighted by Crippen LogP contribution is -2.36. The summed E-state index contributed by atoms with van der Waals surface area (Å²) in [6.07, 6.45) is 1.66. The highest BCUT2D eigenvalue weighted by Gasteiger charge is 2.17. The number of amides is 1. The van der Waals surface area contributed by atoms with E-state index in [1.165, 1.54) is 0 Å². The van der Waals surface area contributed by atoms with Gasteiger partial charge in [0.05, 0.1) is 25.1 Å². The Kier molecular flexibility index (Phi) is 3.92. The highest BCUT2D eigenvalue weighted by molar-refractivity contribution is 6.04. The van der Waals surface area contributed by atoms with Crippen LogP contribution in [0.4, 0.5) is 11.5 Å². The summed E-state index contributed by atoms with van der Waals surface area (Å²) in [5.74, 6) is 1.92. The number of benzene rings is 1. The van der Waals surface area contributed by atoms with Crippen LogP contribution in [0, 0.1) is 0 Å². The molecule has 1 aromatic carbocycles. The zero-order chi connectivity index (χ0) is 16.4. The predicted octanol–water partition coefficient (Wildman–Crippen LogP) is 1.90. The molecule has 1 N–H and O–H groups in total. The van der Waals surface area contributed by atoms with Crippen LogP contribution in [0.5, 0.6) is 11.5 Å². The van der Waals surface area contributed by atoms with E-state index in [2.05, 4.69) is 15.2 Å². The summed E-state index contributed by atoms with van der Waals surface area (Å²) in [5.41, 5.74) is 1.16. The Bertz CT molecular complexity index is 742. The highest BCUT2D eigenvalue weighted by atomic mass is 16.7. The van der Waals surface area contributed by atoms with Gasteiger partial charge in [-0.2, -0.15) is 0 Å². The molecule has 0 bridgehead atoms. The molecule has 7 heteroatoms. The van der Waals surface area contributed by atoms with E-state index in [-0.39, 0.29) is 12.7 Å². The van der Waals surface area contributed by atoms with Gasteiger partial charge in [0.15, 0.2) is 11.5 Å². The third-order valence-corrected chi connectivity index (χ3v) is 3.98. The summed E-state index contributed by atoms with van der Waals surface area (Å²) >= 11 is 0. The van der Waals surface area contributed by atoms with Gasteiger partial charge in [-0.15, -0.1) is 0 Å². The zero-order valence-corrected chi connectivity index (χ0v) is 13.0. The number of carbonyl (C=O) groups is 1. The van der Waals surface area contributed by atoms with Crippen molar-refractivity contribution in [2.75, 3.05) is 43.3 Å². The fourth-order valence-electron chi connectivity index (χ4n) is 2.68. The van der Waals surface area contributed by atoms with E-state index in [9.17, 15) is 4.79 Å². The van der Waals surface area contributed by atoms with E-state index < -0.39 is 0 Å². The topological polar surface area (TPSA) is 72.9 Å². The van der Waals surface area contributed by atoms with Crippen molar-refractivity contribution in [1.82, 2.24) is 4.98 Å². The monoisotopic (exact) mass is 327 g/mol. The van der Waals surface area contributed by atoms with Gasteiger partial charge in [0.1, 0.15) is 5.82 Å². The fraction of sp³-hybridized carbons (Fsp3) is 0.294. The normalized spacial score (nSPS) is 16.1. The summed E-state index contributed by atoms with van der Waals surface area (Å²) < 4.78 is 15.9. The van der Waals surface area contributed by atoms with Gasteiger partial charge in [-0.3, -0.25) is 4.79 Å². The molecule has 24 heavy (non-hydrogen) atoms. The number of aromatic nitrogens is 1. The second-order valence-electron chi connectivity index (χ2n) is 5.53. The molecule has 2 aliphatic heterocycles. The Balaban J connectivity index is 1.44. The predicted molar refractivity (Wildman–Crippen MR) is 87.8 cm³/mol. The molecule has 4 rings (SSSR count). The first-order valence-corrected chi connectivity index (χ1v) is 7.79. The Morgan fingerprint density at radius 1 is 1.08 bits per heavy atom. The van der Waals surface area contributed by atoms with Gasteiger partial charge >= 0.3 is 0 Å². The number of nitrogens with zero attached hydrogens (tertiary/aromatic N) is 2. The summed E-state index contributed by atoms with van der Waals surface area (Å²) in [5, 5.41) is 2.84. The lowest BCUT2D eigenvalue weighted by molar-refractivity contribution is 0.102. The first kappa shape index (κ1) is 14.8. The minimum absolute atomic E-state index is 0.188. The van der Waals surface area contributed by atoms with Gasteiger partial charge in [0.2, 0.25) is 6.79 Å². The van der Waals surface area contributed by atoms with E-state index in [1.54, 1.807) is 24.4 Å². The van der Waals surface area contributed by atoms with Crippen LogP contribution in [-0.4, -0.2) is 44.0 Å². The van der Waals surface area contributed by atoms with Gasteiger partial charge in [0.25, 0.3) is 5.91 Å². The molecule has 1 aromatic heterocycles. The zero-order valence-electron chi connectivity index (χ0n) is 13.0. The van der Waals surface area contributed by atoms with Crippen molar-refractivity contribution in [3.05, 3.63) is 42.1 Å². The summed E-state index contributed by atoms with van der Waals surface area (Å²) in [7, 11) is 0. The minimum Gasteiger partial charge on any atom is -0.454 e. The molecule has 7 nitrogen and oxygen atoms in total. The van der Waals surface area contributed by atoms with Gasteiger partial charge in [-0.05, 0) is 30.3 Å². The van der Waals surface area contributed by atoms with E-state index in [4.69, 9.17) is 14.2 Å². The number of ether oxygens (including phenoxy) is 3. The van der Waals surface area contributed by atoms with Crippen LogP contribution >= 0.6 is 0 Å². The Labute approximate surface area is 139 Å². The van der Waals surface area contributed by atoms with Crippen molar-refractivity contribution in [3.8, 4) is 11.5 Å². The lowest BCUT2D eigenvalue weighted by Gasteiger charge is -2.27. The summed E-state index contributed by atoms with van der Waals surface area (Å²) in [6.45, 7) is 3.27. The number of fused-ring (bicyclic) bond motifs is 1. The average molecular weight is 327 g/mol. The SMILES string of the molecule is O=C(Nc1ccc(N2CCOCC2)nc1)c1ccc2c(c1)OCO2. The molecular formula is C17H17N3O4. The maximum absolute atomic E-state index is 12.3. The third kappa shape index (κ3) is 2.98. The number of carbonyl (C=O) groups excluding carboxylic acids is 1. The summed E-state index contributed by atoms with van der Waals surface area (Å²) in [6, 6.07) is 8.87. The number of pyridine rings is 1. The smallest absolute Gasteiger partial charge is 0.255 e. The largest absolute Gasteiger partial charge is 0.454 e. The minimum atomic E-state index is -0.214. The molecule has 0 atom stereocenters. The number of morpholine rings is 1. The van der Waals surface area contributed by atoms with E-state index in [1.807, 2.05) is 12.1 Å². The molecule has 2 aromatic rings. The first-order valence-electron chi connectivity index (χ1n) is 7.79. The van der Waals surface area contributed by atoms with E-state index in [0.717, 1.165) is 18.9 Å². The number of rotatable bonds is 3. The summed E-state index contributed by atoms with van der Waals surface area (Å²) in [4.78, 5) is 18.9. The van der Waals surface area contributed by atoms with Crippen LogP contribution < -0.4 is 19.7 Å². The number of hydrogen-bond donors (Lipinski definition) is 1. The molecule has 0 aliphatic carbocycles. The Hall–Kier alpha value is -2.80. The second kappa shape index (κ2) is 6.37. The maximum Gasteiger partial charge on any atom is 0.255 e. The molecule has 0 saturated carbocycles. The molecule has 0 unspecified atom stereocenters. The molecule has 1 amide bonds. The number of anilines is 2. The maximum atomic E-state index is 12.3. The van der Waals surface area contributed by atoms with Crippen LogP contribution in [-0.2, 0) is 4.74 Å². The number of nitrogens with one attached hydrogen (secondary N) is 1. The van der Waals surface area contributed by atoms with Crippen LogP contribution in [0.1, 0.15) is 10.4 Å². The molecule has 124 valence electrons. The van der Waals surface area contributed by atoms with Gasteiger partial charge in [0, 0.05) is 18.7 Å². The second-order valence-corrected chi connectivity index (χ2v) is 5.53. The van der Waals surface area contributed by atoms with Crippen LogP contribution in [0.3, 0.4) is 0 Å². The third-order valence-electron chi connectivity index (χ3n) is 3.98. The highest BCUT2D eigenvalue weighted by Crippen LogP contribution is 2.32. The molecule has 2 aliphatic rings. The lowest BCUT2D eigenvalue weighted by atomic mass is 10.2. The molecule has 3 heterocycles. The van der Waals surface area contributed by atoms with Crippen LogP contribution in [0.15, 0.2) is 36.5 Å². The standard InChI is InChI=1S/C17H17N3O4/c21-17(12-1-3-14-15(9-12)24-11-23-14)19-13-2-4-16(18-10-13)20-5-7-22-8-6-20/h1-4,9-10H,5-8,11H2,(H,19,21). The first-order chi connectivity index (χ1) is 11.8. The van der Waals surface area contributed by atoms with E-state index in [0.29, 0.717) is 36.0 Å². The van der Waals surface area contributed by atoms with Crippen LogP contribution in [0.2, 0.25) is 0 Å². The molecule has 0 radical (unpaired) electrons. The van der Waals surface area contributed by atoms with Gasteiger partial charge in [-0.25, -0.2) is 4.98 Å². The average Bonchev–Trinajstić information content (AvgIpc) is 3.11. The van der Waals surface area contributed by atoms with Crippen molar-refractivity contribution < 1.29 is 19.0 Å². The Morgan fingerprint density at radius 2 is 1.92 bits per heavy atom. The number of hydrogen-bond acceptors (Lipinski definition) is 6. The van der Waals surface area contributed by atoms with Gasteiger partial charge < -0.3 is 24.4 Å². The molecule has 0 spiro atoms. The van der Waals surface area contributed by atoms with Crippen molar-refractivity contribution in [1.29, 1.82) is 0 Å². The van der Waals surface area contributed by atoms with Crippen molar-refractivity contribution in [2.45, 2.75) is 0 Å². The Morgan fingerprint density at radius 3 is 2.71 bits per heavy atom.